The van der Waals surface area contributed by atoms with Gasteiger partial charge in [0.05, 0.1) is 11.0 Å². The van der Waals surface area contributed by atoms with Gasteiger partial charge in [-0.15, -0.1) is 0 Å². The van der Waals surface area contributed by atoms with Crippen molar-refractivity contribution in [3.63, 3.8) is 0 Å². The molecule has 0 saturated carbocycles. The molecule has 0 fully saturated rings. The lowest BCUT2D eigenvalue weighted by molar-refractivity contribution is 0.784. The quantitative estimate of drug-likeness (QED) is 0.797. The molecule has 0 aliphatic rings. The van der Waals surface area contributed by atoms with Crippen molar-refractivity contribution in [2.24, 2.45) is 12.8 Å². The van der Waals surface area contributed by atoms with Crippen LogP contribution in [0.15, 0.2) is 42.5 Å². The lowest BCUT2D eigenvalue weighted by Gasteiger charge is -2.05. The molecule has 108 valence electrons. The molecular formula is C18H21N3. The SMILES string of the molecule is Cc1ccccc1CCc1nc2c(CN)cccc2n1C. The van der Waals surface area contributed by atoms with E-state index in [0.717, 1.165) is 35.3 Å². The van der Waals surface area contributed by atoms with Gasteiger partial charge in [0, 0.05) is 20.0 Å². The van der Waals surface area contributed by atoms with E-state index in [4.69, 9.17) is 10.7 Å². The van der Waals surface area contributed by atoms with E-state index < -0.39 is 0 Å². The van der Waals surface area contributed by atoms with Gasteiger partial charge in [0.25, 0.3) is 0 Å². The summed E-state index contributed by atoms with van der Waals surface area (Å²) in [5, 5.41) is 0. The highest BCUT2D eigenvalue weighted by molar-refractivity contribution is 5.79. The van der Waals surface area contributed by atoms with Crippen molar-refractivity contribution in [1.29, 1.82) is 0 Å². The van der Waals surface area contributed by atoms with Crippen molar-refractivity contribution in [3.8, 4) is 0 Å². The third-order valence-electron chi connectivity index (χ3n) is 4.19. The fraction of sp³-hybridized carbons (Fsp3) is 0.278. The Labute approximate surface area is 125 Å². The number of para-hydroxylation sites is 1. The van der Waals surface area contributed by atoms with E-state index >= 15 is 0 Å². The van der Waals surface area contributed by atoms with Crippen molar-refractivity contribution < 1.29 is 0 Å². The summed E-state index contributed by atoms with van der Waals surface area (Å²) >= 11 is 0. The molecule has 1 heterocycles. The topological polar surface area (TPSA) is 43.8 Å². The summed E-state index contributed by atoms with van der Waals surface area (Å²) in [7, 11) is 2.09. The molecule has 0 bridgehead atoms. The first-order valence-corrected chi connectivity index (χ1v) is 7.38. The van der Waals surface area contributed by atoms with Crippen LogP contribution in [0.4, 0.5) is 0 Å². The molecule has 0 atom stereocenters. The molecule has 2 N–H and O–H groups in total. The van der Waals surface area contributed by atoms with Crippen molar-refractivity contribution in [2.45, 2.75) is 26.3 Å². The van der Waals surface area contributed by atoms with Gasteiger partial charge in [0.2, 0.25) is 0 Å². The summed E-state index contributed by atoms with van der Waals surface area (Å²) in [5.74, 6) is 1.12. The van der Waals surface area contributed by atoms with Gasteiger partial charge in [-0.25, -0.2) is 4.98 Å². The van der Waals surface area contributed by atoms with Crippen molar-refractivity contribution in [3.05, 3.63) is 65.0 Å². The molecule has 0 radical (unpaired) electrons. The summed E-state index contributed by atoms with van der Waals surface area (Å²) in [4.78, 5) is 4.81. The molecule has 3 aromatic rings. The lowest BCUT2D eigenvalue weighted by atomic mass is 10.0. The van der Waals surface area contributed by atoms with E-state index in [1.807, 2.05) is 0 Å². The Morgan fingerprint density at radius 3 is 2.52 bits per heavy atom. The smallest absolute Gasteiger partial charge is 0.109 e. The van der Waals surface area contributed by atoms with E-state index in [1.54, 1.807) is 0 Å². The maximum absolute atomic E-state index is 5.81. The number of aromatic nitrogens is 2. The highest BCUT2D eigenvalue weighted by atomic mass is 15.1. The Morgan fingerprint density at radius 2 is 1.76 bits per heavy atom. The second kappa shape index (κ2) is 5.70. The number of hydrogen-bond donors (Lipinski definition) is 1. The Balaban J connectivity index is 1.91. The minimum absolute atomic E-state index is 0.533. The molecule has 0 saturated heterocycles. The summed E-state index contributed by atoms with van der Waals surface area (Å²) in [6, 6.07) is 14.8. The fourth-order valence-electron chi connectivity index (χ4n) is 2.85. The normalized spacial score (nSPS) is 11.2. The van der Waals surface area contributed by atoms with Gasteiger partial charge in [-0.2, -0.15) is 0 Å². The van der Waals surface area contributed by atoms with Gasteiger partial charge in [-0.3, -0.25) is 0 Å². The second-order valence-electron chi connectivity index (χ2n) is 5.50. The van der Waals surface area contributed by atoms with Crippen LogP contribution in [0.5, 0.6) is 0 Å². The molecular weight excluding hydrogens is 258 g/mol. The van der Waals surface area contributed by atoms with Crippen LogP contribution in [0.1, 0.15) is 22.5 Å². The average Bonchev–Trinajstić information content (AvgIpc) is 2.83. The largest absolute Gasteiger partial charge is 0.331 e. The monoisotopic (exact) mass is 279 g/mol. The zero-order valence-electron chi connectivity index (χ0n) is 12.6. The number of nitrogens with two attached hydrogens (primary N) is 1. The van der Waals surface area contributed by atoms with Crippen LogP contribution in [0, 0.1) is 6.92 Å². The number of fused-ring (bicyclic) bond motifs is 1. The van der Waals surface area contributed by atoms with Crippen LogP contribution in [0.3, 0.4) is 0 Å². The fourth-order valence-corrected chi connectivity index (χ4v) is 2.85. The first-order chi connectivity index (χ1) is 10.2. The first kappa shape index (κ1) is 13.8. The molecule has 3 heteroatoms. The number of benzene rings is 2. The van der Waals surface area contributed by atoms with Gasteiger partial charge < -0.3 is 10.3 Å². The number of rotatable bonds is 4. The molecule has 3 nitrogen and oxygen atoms in total. The van der Waals surface area contributed by atoms with Crippen molar-refractivity contribution in [1.82, 2.24) is 9.55 Å². The average molecular weight is 279 g/mol. The lowest BCUT2D eigenvalue weighted by Crippen LogP contribution is -2.01. The summed E-state index contributed by atoms with van der Waals surface area (Å²) < 4.78 is 2.19. The van der Waals surface area contributed by atoms with Crippen LogP contribution >= 0.6 is 0 Å². The highest BCUT2D eigenvalue weighted by Crippen LogP contribution is 2.20. The molecule has 0 unspecified atom stereocenters. The molecule has 21 heavy (non-hydrogen) atoms. The molecule has 2 aromatic carbocycles. The van der Waals surface area contributed by atoms with Crippen molar-refractivity contribution >= 4 is 11.0 Å². The zero-order valence-corrected chi connectivity index (χ0v) is 12.6. The molecule has 1 aromatic heterocycles. The first-order valence-electron chi connectivity index (χ1n) is 7.38. The van der Waals surface area contributed by atoms with Crippen LogP contribution in [0.2, 0.25) is 0 Å². The standard InChI is InChI=1S/C18H21N3/c1-13-6-3-4-7-14(13)10-11-17-20-18-15(12-19)8-5-9-16(18)21(17)2/h3-9H,10-12,19H2,1-2H3. The summed E-state index contributed by atoms with van der Waals surface area (Å²) in [5.41, 5.74) is 11.9. The zero-order chi connectivity index (χ0) is 14.8. The molecule has 0 aliphatic carbocycles. The van der Waals surface area contributed by atoms with E-state index in [-0.39, 0.29) is 0 Å². The molecule has 0 aliphatic heterocycles. The van der Waals surface area contributed by atoms with Crippen molar-refractivity contribution in [2.75, 3.05) is 0 Å². The number of imidazole rings is 1. The van der Waals surface area contributed by atoms with Gasteiger partial charge in [0.15, 0.2) is 0 Å². The van der Waals surface area contributed by atoms with Crippen LogP contribution in [0.25, 0.3) is 11.0 Å². The molecule has 0 spiro atoms. The number of hydrogen-bond acceptors (Lipinski definition) is 2. The Bertz CT molecular complexity index is 771. The Hall–Kier alpha value is -2.13. The number of nitrogens with zero attached hydrogens (tertiary/aromatic N) is 2. The van der Waals surface area contributed by atoms with Gasteiger partial charge in [-0.05, 0) is 36.1 Å². The second-order valence-corrected chi connectivity index (χ2v) is 5.50. The maximum atomic E-state index is 5.81. The van der Waals surface area contributed by atoms with Crippen LogP contribution in [-0.4, -0.2) is 9.55 Å². The van der Waals surface area contributed by atoms with Crippen LogP contribution in [-0.2, 0) is 26.4 Å². The van der Waals surface area contributed by atoms with Gasteiger partial charge in [-0.1, -0.05) is 36.4 Å². The van der Waals surface area contributed by atoms with Gasteiger partial charge in [0.1, 0.15) is 5.82 Å². The number of aryl methyl sites for hydroxylation is 4. The molecule has 0 amide bonds. The van der Waals surface area contributed by atoms with Gasteiger partial charge >= 0.3 is 0 Å². The van der Waals surface area contributed by atoms with E-state index in [2.05, 4.69) is 61.0 Å². The predicted octanol–water partition coefficient (Wildman–Crippen LogP) is 3.13. The predicted molar refractivity (Wildman–Crippen MR) is 87.2 cm³/mol. The van der Waals surface area contributed by atoms with E-state index in [1.165, 1.54) is 11.1 Å². The third kappa shape index (κ3) is 2.57. The highest BCUT2D eigenvalue weighted by Gasteiger charge is 2.10. The Kier molecular flexibility index (Phi) is 3.76. The third-order valence-corrected chi connectivity index (χ3v) is 4.19. The van der Waals surface area contributed by atoms with Crippen LogP contribution < -0.4 is 5.73 Å². The summed E-state index contributed by atoms with van der Waals surface area (Å²) in [6.07, 6.45) is 1.96. The minimum atomic E-state index is 0.533. The Morgan fingerprint density at radius 1 is 1.00 bits per heavy atom. The maximum Gasteiger partial charge on any atom is 0.109 e. The van der Waals surface area contributed by atoms with E-state index in [9.17, 15) is 0 Å². The molecule has 3 rings (SSSR count). The van der Waals surface area contributed by atoms with E-state index in [0.29, 0.717) is 6.54 Å². The minimum Gasteiger partial charge on any atom is -0.331 e. The summed E-state index contributed by atoms with van der Waals surface area (Å²) in [6.45, 7) is 2.70.